The lowest BCUT2D eigenvalue weighted by Gasteiger charge is -2.24. The standard InChI is InChI=1S/C14H21NO2/c1-10(4-5-11-3-2-8-16-11)15-13-9-12-6-7-14(13)17-12/h2-3,8,10,12-15H,4-7,9H2,1H3. The maximum absolute atomic E-state index is 5.86. The van der Waals surface area contributed by atoms with Crippen LogP contribution in [0.3, 0.4) is 0 Å². The van der Waals surface area contributed by atoms with Gasteiger partial charge in [-0.25, -0.2) is 0 Å². The third-order valence-electron chi connectivity index (χ3n) is 4.01. The van der Waals surface area contributed by atoms with Gasteiger partial charge in [0.25, 0.3) is 0 Å². The Balaban J connectivity index is 1.43. The van der Waals surface area contributed by atoms with Gasteiger partial charge in [0.1, 0.15) is 5.76 Å². The first kappa shape index (κ1) is 11.3. The van der Waals surface area contributed by atoms with E-state index >= 15 is 0 Å². The quantitative estimate of drug-likeness (QED) is 0.851. The van der Waals surface area contributed by atoms with Crippen LogP contribution in [0.1, 0.15) is 38.4 Å². The average Bonchev–Trinajstić information content (AvgIpc) is 3.03. The van der Waals surface area contributed by atoms with Gasteiger partial charge in [-0.15, -0.1) is 0 Å². The first-order chi connectivity index (χ1) is 8.31. The summed E-state index contributed by atoms with van der Waals surface area (Å²) in [6.07, 6.45) is 8.62. The number of rotatable bonds is 5. The van der Waals surface area contributed by atoms with Crippen LogP contribution in [0.5, 0.6) is 0 Å². The monoisotopic (exact) mass is 235 g/mol. The van der Waals surface area contributed by atoms with Crippen molar-refractivity contribution in [1.29, 1.82) is 0 Å². The Morgan fingerprint density at radius 2 is 2.41 bits per heavy atom. The van der Waals surface area contributed by atoms with Gasteiger partial charge in [0.2, 0.25) is 0 Å². The largest absolute Gasteiger partial charge is 0.469 e. The van der Waals surface area contributed by atoms with Gasteiger partial charge in [-0.1, -0.05) is 0 Å². The van der Waals surface area contributed by atoms with Crippen LogP contribution in [-0.4, -0.2) is 24.3 Å². The molecule has 17 heavy (non-hydrogen) atoms. The minimum atomic E-state index is 0.478. The molecule has 2 aliphatic rings. The molecular weight excluding hydrogens is 214 g/mol. The van der Waals surface area contributed by atoms with Crippen molar-refractivity contribution in [2.75, 3.05) is 0 Å². The molecule has 94 valence electrons. The molecule has 0 aromatic carbocycles. The summed E-state index contributed by atoms with van der Waals surface area (Å²) in [7, 11) is 0. The second kappa shape index (κ2) is 4.83. The van der Waals surface area contributed by atoms with Crippen LogP contribution < -0.4 is 5.32 Å². The van der Waals surface area contributed by atoms with Crippen LogP contribution in [0.15, 0.2) is 22.8 Å². The van der Waals surface area contributed by atoms with E-state index in [1.807, 2.05) is 12.1 Å². The molecule has 0 saturated carbocycles. The smallest absolute Gasteiger partial charge is 0.103 e. The zero-order chi connectivity index (χ0) is 11.7. The molecule has 1 aromatic heterocycles. The predicted octanol–water partition coefficient (Wildman–Crippen LogP) is 2.51. The Labute approximate surface area is 103 Å². The SMILES string of the molecule is CC(CCc1ccco1)NC1CC2CCC1O2. The fourth-order valence-electron chi connectivity index (χ4n) is 3.08. The van der Waals surface area contributed by atoms with Gasteiger partial charge in [0.15, 0.2) is 0 Å². The van der Waals surface area contributed by atoms with E-state index in [2.05, 4.69) is 12.2 Å². The zero-order valence-corrected chi connectivity index (χ0v) is 10.4. The van der Waals surface area contributed by atoms with Crippen molar-refractivity contribution >= 4 is 0 Å². The van der Waals surface area contributed by atoms with Crippen molar-refractivity contribution in [3.63, 3.8) is 0 Å². The number of fused-ring (bicyclic) bond motifs is 2. The maximum atomic E-state index is 5.86. The second-order valence-electron chi connectivity index (χ2n) is 5.40. The number of hydrogen-bond donors (Lipinski definition) is 1. The first-order valence-electron chi connectivity index (χ1n) is 6.75. The van der Waals surface area contributed by atoms with Gasteiger partial charge in [-0.3, -0.25) is 0 Å². The van der Waals surface area contributed by atoms with Crippen LogP contribution >= 0.6 is 0 Å². The topological polar surface area (TPSA) is 34.4 Å². The fraction of sp³-hybridized carbons (Fsp3) is 0.714. The highest BCUT2D eigenvalue weighted by atomic mass is 16.5. The van der Waals surface area contributed by atoms with Crippen molar-refractivity contribution in [2.45, 2.75) is 63.3 Å². The molecule has 0 radical (unpaired) electrons. The maximum Gasteiger partial charge on any atom is 0.103 e. The highest BCUT2D eigenvalue weighted by Gasteiger charge is 2.40. The molecule has 4 atom stereocenters. The molecular formula is C14H21NO2. The Hall–Kier alpha value is -0.800. The predicted molar refractivity (Wildman–Crippen MR) is 65.9 cm³/mol. The minimum absolute atomic E-state index is 0.478. The summed E-state index contributed by atoms with van der Waals surface area (Å²) in [4.78, 5) is 0. The van der Waals surface area contributed by atoms with E-state index in [1.165, 1.54) is 19.3 Å². The summed E-state index contributed by atoms with van der Waals surface area (Å²) in [6.45, 7) is 2.26. The van der Waals surface area contributed by atoms with E-state index in [0.29, 0.717) is 24.3 Å². The van der Waals surface area contributed by atoms with Crippen LogP contribution in [0.2, 0.25) is 0 Å². The summed E-state index contributed by atoms with van der Waals surface area (Å²) in [5.41, 5.74) is 0. The third-order valence-corrected chi connectivity index (χ3v) is 4.01. The molecule has 0 amide bonds. The Morgan fingerprint density at radius 1 is 1.47 bits per heavy atom. The van der Waals surface area contributed by atoms with Gasteiger partial charge < -0.3 is 14.5 Å². The molecule has 0 aliphatic carbocycles. The van der Waals surface area contributed by atoms with Gasteiger partial charge >= 0.3 is 0 Å². The van der Waals surface area contributed by atoms with Gasteiger partial charge in [-0.2, -0.15) is 0 Å². The second-order valence-corrected chi connectivity index (χ2v) is 5.40. The van der Waals surface area contributed by atoms with Crippen molar-refractivity contribution in [3.05, 3.63) is 24.2 Å². The van der Waals surface area contributed by atoms with Crippen molar-refractivity contribution < 1.29 is 9.15 Å². The van der Waals surface area contributed by atoms with Gasteiger partial charge in [0, 0.05) is 18.5 Å². The Bertz CT molecular complexity index is 349. The number of hydrogen-bond acceptors (Lipinski definition) is 3. The lowest BCUT2D eigenvalue weighted by molar-refractivity contribution is 0.0961. The molecule has 2 bridgehead atoms. The summed E-state index contributed by atoms with van der Waals surface area (Å²) in [5.74, 6) is 1.09. The van der Waals surface area contributed by atoms with Gasteiger partial charge in [0.05, 0.1) is 18.5 Å². The van der Waals surface area contributed by atoms with Crippen LogP contribution in [0.25, 0.3) is 0 Å². The van der Waals surface area contributed by atoms with Crippen molar-refractivity contribution in [3.8, 4) is 0 Å². The average molecular weight is 235 g/mol. The third kappa shape index (κ3) is 2.55. The zero-order valence-electron chi connectivity index (χ0n) is 10.4. The molecule has 1 N–H and O–H groups in total. The lowest BCUT2D eigenvalue weighted by atomic mass is 9.94. The molecule has 2 saturated heterocycles. The van der Waals surface area contributed by atoms with E-state index in [-0.39, 0.29) is 0 Å². The molecule has 3 heterocycles. The van der Waals surface area contributed by atoms with Crippen molar-refractivity contribution in [2.24, 2.45) is 0 Å². The van der Waals surface area contributed by atoms with E-state index in [9.17, 15) is 0 Å². The molecule has 3 rings (SSSR count). The minimum Gasteiger partial charge on any atom is -0.469 e. The van der Waals surface area contributed by atoms with Crippen LogP contribution in [-0.2, 0) is 11.2 Å². The van der Waals surface area contributed by atoms with E-state index in [0.717, 1.165) is 18.6 Å². The first-order valence-corrected chi connectivity index (χ1v) is 6.75. The van der Waals surface area contributed by atoms with Crippen LogP contribution in [0, 0.1) is 0 Å². The summed E-state index contributed by atoms with van der Waals surface area (Å²) >= 11 is 0. The normalized spacial score (nSPS) is 33.1. The van der Waals surface area contributed by atoms with Crippen LogP contribution in [0.4, 0.5) is 0 Å². The summed E-state index contributed by atoms with van der Waals surface area (Å²) in [6, 6.07) is 5.12. The Morgan fingerprint density at radius 3 is 3.06 bits per heavy atom. The number of nitrogens with one attached hydrogen (secondary N) is 1. The summed E-state index contributed by atoms with van der Waals surface area (Å²) in [5, 5.41) is 3.71. The lowest BCUT2D eigenvalue weighted by Crippen LogP contribution is -2.42. The fourth-order valence-corrected chi connectivity index (χ4v) is 3.08. The summed E-state index contributed by atoms with van der Waals surface area (Å²) < 4.78 is 11.2. The van der Waals surface area contributed by atoms with Crippen molar-refractivity contribution in [1.82, 2.24) is 5.32 Å². The Kier molecular flexibility index (Phi) is 3.21. The molecule has 4 unspecified atom stereocenters. The van der Waals surface area contributed by atoms with E-state index in [1.54, 1.807) is 6.26 Å². The molecule has 3 nitrogen and oxygen atoms in total. The number of ether oxygens (including phenoxy) is 1. The highest BCUT2D eigenvalue weighted by molar-refractivity contribution is 4.99. The number of aryl methyl sites for hydroxylation is 1. The van der Waals surface area contributed by atoms with E-state index in [4.69, 9.17) is 9.15 Å². The molecule has 3 heteroatoms. The number of furan rings is 1. The molecule has 1 aromatic rings. The molecule has 0 spiro atoms. The highest BCUT2D eigenvalue weighted by Crippen LogP contribution is 2.34. The molecule has 2 aliphatic heterocycles. The van der Waals surface area contributed by atoms with E-state index < -0.39 is 0 Å². The van der Waals surface area contributed by atoms with Gasteiger partial charge in [-0.05, 0) is 44.7 Å². The molecule has 2 fully saturated rings.